The van der Waals surface area contributed by atoms with Gasteiger partial charge in [0.25, 0.3) is 0 Å². The minimum Gasteiger partial charge on any atom is -0.440 e. The monoisotopic (exact) mass is 156 g/mol. The molecule has 1 saturated carbocycles. The van der Waals surface area contributed by atoms with E-state index in [9.17, 15) is 4.79 Å². The normalized spacial score (nSPS) is 28.1. The fourth-order valence-electron chi connectivity index (χ4n) is 1.93. The minimum absolute atomic E-state index is 0.216. The minimum atomic E-state index is -0.369. The third-order valence-electron chi connectivity index (χ3n) is 2.51. The molecule has 11 heavy (non-hydrogen) atoms. The summed E-state index contributed by atoms with van der Waals surface area (Å²) in [5, 5.41) is 1.17. The molecule has 4 nitrogen and oxygen atoms in total. The van der Waals surface area contributed by atoms with Gasteiger partial charge in [0.2, 0.25) is 0 Å². The molecule has 0 radical (unpaired) electrons. The largest absolute Gasteiger partial charge is 0.440 e. The van der Waals surface area contributed by atoms with E-state index in [0.717, 1.165) is 25.7 Å². The van der Waals surface area contributed by atoms with Crippen LogP contribution in [0.25, 0.3) is 0 Å². The highest BCUT2D eigenvalue weighted by atomic mass is 16.6. The Balaban J connectivity index is 2.12. The van der Waals surface area contributed by atoms with Crippen LogP contribution >= 0.6 is 0 Å². The van der Waals surface area contributed by atoms with Crippen LogP contribution < -0.4 is 5.84 Å². The standard InChI is InChI=1S/C7H12N2O2/c8-9-5-7(11-6(9)10)3-1-2-4-7/h1-5,8H2. The molecule has 2 aliphatic rings. The second-order valence-electron chi connectivity index (χ2n) is 3.39. The molecular formula is C7H12N2O2. The second kappa shape index (κ2) is 2.11. The summed E-state index contributed by atoms with van der Waals surface area (Å²) in [6.45, 7) is 0.575. The fourth-order valence-corrected chi connectivity index (χ4v) is 1.93. The number of ether oxygens (including phenoxy) is 1. The molecule has 1 heterocycles. The molecule has 0 aromatic rings. The van der Waals surface area contributed by atoms with Crippen molar-refractivity contribution in [2.45, 2.75) is 31.3 Å². The van der Waals surface area contributed by atoms with Gasteiger partial charge in [0.15, 0.2) is 0 Å². The zero-order valence-electron chi connectivity index (χ0n) is 6.38. The molecule has 1 spiro atoms. The Hall–Kier alpha value is -0.770. The third kappa shape index (κ3) is 0.976. The van der Waals surface area contributed by atoms with Crippen LogP contribution in [0.1, 0.15) is 25.7 Å². The van der Waals surface area contributed by atoms with Crippen molar-refractivity contribution < 1.29 is 9.53 Å². The highest BCUT2D eigenvalue weighted by Crippen LogP contribution is 2.37. The second-order valence-corrected chi connectivity index (χ2v) is 3.39. The molecule has 1 aliphatic heterocycles. The van der Waals surface area contributed by atoms with Gasteiger partial charge in [-0.25, -0.2) is 15.6 Å². The number of carbonyl (C=O) groups is 1. The molecule has 0 aromatic carbocycles. The molecule has 4 heteroatoms. The zero-order chi connectivity index (χ0) is 7.90. The van der Waals surface area contributed by atoms with Crippen molar-refractivity contribution in [1.82, 2.24) is 5.01 Å². The van der Waals surface area contributed by atoms with Crippen molar-refractivity contribution >= 4 is 6.09 Å². The van der Waals surface area contributed by atoms with Crippen LogP contribution in [0.3, 0.4) is 0 Å². The van der Waals surface area contributed by atoms with Crippen LogP contribution in [0.15, 0.2) is 0 Å². The maximum Gasteiger partial charge on any atom is 0.424 e. The van der Waals surface area contributed by atoms with Crippen molar-refractivity contribution in [2.24, 2.45) is 5.84 Å². The summed E-state index contributed by atoms with van der Waals surface area (Å²) in [5.74, 6) is 5.39. The van der Waals surface area contributed by atoms with Gasteiger partial charge in [-0.1, -0.05) is 0 Å². The highest BCUT2D eigenvalue weighted by molar-refractivity contribution is 5.69. The highest BCUT2D eigenvalue weighted by Gasteiger charge is 2.45. The molecule has 1 saturated heterocycles. The van der Waals surface area contributed by atoms with Gasteiger partial charge in [0.05, 0.1) is 6.54 Å². The number of hydrogen-bond acceptors (Lipinski definition) is 3. The Morgan fingerprint density at radius 3 is 2.55 bits per heavy atom. The molecule has 0 unspecified atom stereocenters. The lowest BCUT2D eigenvalue weighted by atomic mass is 10.0. The first-order valence-electron chi connectivity index (χ1n) is 3.97. The van der Waals surface area contributed by atoms with Crippen molar-refractivity contribution in [3.8, 4) is 0 Å². The van der Waals surface area contributed by atoms with Gasteiger partial charge >= 0.3 is 6.09 Å². The lowest BCUT2D eigenvalue weighted by Crippen LogP contribution is -2.35. The van der Waals surface area contributed by atoms with Gasteiger partial charge in [0, 0.05) is 0 Å². The Kier molecular flexibility index (Phi) is 1.32. The van der Waals surface area contributed by atoms with Crippen LogP contribution in [0, 0.1) is 0 Å². The molecule has 0 atom stereocenters. The van der Waals surface area contributed by atoms with Gasteiger partial charge in [-0.05, 0) is 25.7 Å². The van der Waals surface area contributed by atoms with E-state index < -0.39 is 0 Å². The predicted octanol–water partition coefficient (Wildman–Crippen LogP) is 0.625. The number of hydrogen-bond donors (Lipinski definition) is 1. The van der Waals surface area contributed by atoms with E-state index >= 15 is 0 Å². The molecule has 2 N–H and O–H groups in total. The van der Waals surface area contributed by atoms with Crippen molar-refractivity contribution in [1.29, 1.82) is 0 Å². The van der Waals surface area contributed by atoms with E-state index in [0.29, 0.717) is 6.54 Å². The van der Waals surface area contributed by atoms with Crippen LogP contribution in [0.4, 0.5) is 4.79 Å². The summed E-state index contributed by atoms with van der Waals surface area (Å²) in [6, 6.07) is 0. The topological polar surface area (TPSA) is 55.6 Å². The van der Waals surface area contributed by atoms with E-state index in [4.69, 9.17) is 10.6 Å². The SMILES string of the molecule is NN1CC2(CCCC2)OC1=O. The smallest absolute Gasteiger partial charge is 0.424 e. The summed E-state index contributed by atoms with van der Waals surface area (Å²) < 4.78 is 5.18. The van der Waals surface area contributed by atoms with Crippen molar-refractivity contribution in [3.63, 3.8) is 0 Å². The van der Waals surface area contributed by atoms with Crippen LogP contribution in [-0.2, 0) is 4.74 Å². The lowest BCUT2D eigenvalue weighted by molar-refractivity contribution is 0.0627. The molecule has 2 fully saturated rings. The van der Waals surface area contributed by atoms with Gasteiger partial charge in [-0.15, -0.1) is 0 Å². The summed E-state index contributed by atoms with van der Waals surface area (Å²) >= 11 is 0. The molecule has 0 bridgehead atoms. The van der Waals surface area contributed by atoms with Crippen LogP contribution in [0.5, 0.6) is 0 Å². The van der Waals surface area contributed by atoms with Gasteiger partial charge in [-0.3, -0.25) is 0 Å². The number of hydrazine groups is 1. The Bertz CT molecular complexity index is 187. The summed E-state index contributed by atoms with van der Waals surface area (Å²) in [6.07, 6.45) is 3.90. The average Bonchev–Trinajstić information content (AvgIpc) is 2.46. The summed E-state index contributed by atoms with van der Waals surface area (Å²) in [5.41, 5.74) is -0.216. The maximum absolute atomic E-state index is 10.9. The molecule has 62 valence electrons. The molecule has 1 aliphatic carbocycles. The number of rotatable bonds is 0. The lowest BCUT2D eigenvalue weighted by Gasteiger charge is -2.18. The first-order valence-corrected chi connectivity index (χ1v) is 3.97. The van der Waals surface area contributed by atoms with E-state index in [-0.39, 0.29) is 11.7 Å². The van der Waals surface area contributed by atoms with E-state index in [1.54, 1.807) is 0 Å². The average molecular weight is 156 g/mol. The van der Waals surface area contributed by atoms with Crippen LogP contribution in [0.2, 0.25) is 0 Å². The fraction of sp³-hybridized carbons (Fsp3) is 0.857. The van der Waals surface area contributed by atoms with Crippen molar-refractivity contribution in [2.75, 3.05) is 6.54 Å². The van der Waals surface area contributed by atoms with E-state index in [1.807, 2.05) is 0 Å². The van der Waals surface area contributed by atoms with E-state index in [1.165, 1.54) is 5.01 Å². The first-order chi connectivity index (χ1) is 5.22. The van der Waals surface area contributed by atoms with Crippen LogP contribution in [-0.4, -0.2) is 23.2 Å². The molecule has 0 aromatic heterocycles. The van der Waals surface area contributed by atoms with E-state index in [2.05, 4.69) is 0 Å². The molecular weight excluding hydrogens is 144 g/mol. The maximum atomic E-state index is 10.9. The number of carbonyl (C=O) groups excluding carboxylic acids is 1. The summed E-state index contributed by atoms with van der Waals surface area (Å²) in [7, 11) is 0. The summed E-state index contributed by atoms with van der Waals surface area (Å²) in [4.78, 5) is 10.9. The first kappa shape index (κ1) is 6.91. The zero-order valence-corrected chi connectivity index (χ0v) is 6.38. The Morgan fingerprint density at radius 1 is 1.45 bits per heavy atom. The number of nitrogens with two attached hydrogens (primary N) is 1. The van der Waals surface area contributed by atoms with Gasteiger partial charge in [0.1, 0.15) is 5.60 Å². The number of amides is 1. The Labute approximate surface area is 65.3 Å². The molecule has 2 rings (SSSR count). The van der Waals surface area contributed by atoms with Crippen molar-refractivity contribution in [3.05, 3.63) is 0 Å². The van der Waals surface area contributed by atoms with Gasteiger partial charge in [-0.2, -0.15) is 0 Å². The quantitative estimate of drug-likeness (QED) is 0.413. The predicted molar refractivity (Wildman–Crippen MR) is 38.6 cm³/mol. The molecule has 1 amide bonds. The Morgan fingerprint density at radius 2 is 2.09 bits per heavy atom. The number of nitrogens with zero attached hydrogens (tertiary/aromatic N) is 1. The third-order valence-corrected chi connectivity index (χ3v) is 2.51. The van der Waals surface area contributed by atoms with Gasteiger partial charge < -0.3 is 4.74 Å².